The number of aliphatic hydroxyl groups excluding tert-OH is 3. The number of imidazole rings is 1. The van der Waals surface area contributed by atoms with E-state index in [1.807, 2.05) is 12.2 Å². The van der Waals surface area contributed by atoms with Crippen molar-refractivity contribution in [2.75, 3.05) is 37.8 Å². The summed E-state index contributed by atoms with van der Waals surface area (Å²) in [6.45, 7) is 2.50. The molecule has 2 unspecified atom stereocenters. The number of carbonyl (C=O) groups is 3. The third-order valence-corrected chi connectivity index (χ3v) is 13.0. The van der Waals surface area contributed by atoms with Gasteiger partial charge in [-0.2, -0.15) is 4.31 Å². The van der Waals surface area contributed by atoms with Crippen LogP contribution in [0.25, 0.3) is 11.2 Å². The van der Waals surface area contributed by atoms with E-state index in [-0.39, 0.29) is 53.8 Å². The highest BCUT2D eigenvalue weighted by Crippen LogP contribution is 2.61. The summed E-state index contributed by atoms with van der Waals surface area (Å²) >= 11 is 0.967. The number of hydrogen-bond donors (Lipinski definition) is 10. The fourth-order valence-corrected chi connectivity index (χ4v) is 9.26. The number of nitrogen functional groups attached to an aromatic ring is 1. The average Bonchev–Trinajstić information content (AvgIpc) is 3.74. The quantitative estimate of drug-likeness (QED) is 0.0327. The number of aliphatic hydroxyl groups is 3. The van der Waals surface area contributed by atoms with Crippen LogP contribution < -0.4 is 16.4 Å². The number of unbranched alkanes of at least 4 members (excludes halogenated alkanes) is 4. The molecule has 1 saturated heterocycles. The van der Waals surface area contributed by atoms with E-state index in [2.05, 4.69) is 41.3 Å². The van der Waals surface area contributed by atoms with Crippen molar-refractivity contribution in [3.63, 3.8) is 0 Å². The molecule has 1 fully saturated rings. The number of amides is 2. The molecule has 0 aliphatic carbocycles. The molecule has 3 heterocycles. The molecule has 3 rings (SSSR count). The van der Waals surface area contributed by atoms with Crippen molar-refractivity contribution in [2.24, 2.45) is 5.41 Å². The molecule has 25 nitrogen and oxygen atoms in total. The summed E-state index contributed by atoms with van der Waals surface area (Å²) in [4.78, 5) is 88.0. The molecule has 1 aliphatic rings. The topological polar surface area (TPSA) is 384 Å². The number of nitrogens with one attached hydrogen (secondary N) is 2. The molecule has 0 spiro atoms. The van der Waals surface area contributed by atoms with Crippen LogP contribution in [-0.2, 0) is 50.7 Å². The molecule has 62 heavy (non-hydrogen) atoms. The van der Waals surface area contributed by atoms with Gasteiger partial charge >= 0.3 is 23.5 Å². The molecule has 352 valence electrons. The number of nitrogens with zero attached hydrogens (tertiary/aromatic N) is 4. The molecular formula is C33H56N7O18P3S. The smallest absolute Gasteiger partial charge is 0.392 e. The molecule has 0 aromatic carbocycles. The maximum atomic E-state index is 12.7. The Bertz CT molecular complexity index is 1970. The number of thioether (sulfide) groups is 1. The summed E-state index contributed by atoms with van der Waals surface area (Å²) in [6, 6.07) is 0. The number of phosphoric ester groups is 3. The second-order valence-electron chi connectivity index (χ2n) is 14.7. The van der Waals surface area contributed by atoms with Crippen molar-refractivity contribution >= 4 is 69.1 Å². The first-order chi connectivity index (χ1) is 28.9. The molecule has 2 aromatic rings. The van der Waals surface area contributed by atoms with Crippen LogP contribution in [0.4, 0.5) is 5.82 Å². The zero-order valence-corrected chi connectivity index (χ0v) is 37.7. The number of ether oxygens (including phenoxy) is 1. The summed E-state index contributed by atoms with van der Waals surface area (Å²) in [6.07, 6.45) is 1.94. The van der Waals surface area contributed by atoms with Crippen LogP contribution in [0.2, 0.25) is 0 Å². The third kappa shape index (κ3) is 18.0. The minimum atomic E-state index is -5.58. The number of anilines is 1. The van der Waals surface area contributed by atoms with Gasteiger partial charge in [0, 0.05) is 37.1 Å². The number of hydrogen-bond acceptors (Lipinski definition) is 19. The van der Waals surface area contributed by atoms with Crippen molar-refractivity contribution in [2.45, 2.75) is 109 Å². The second kappa shape index (κ2) is 24.5. The van der Waals surface area contributed by atoms with Crippen LogP contribution in [0.5, 0.6) is 0 Å². The molecule has 0 radical (unpaired) electrons. The van der Waals surface area contributed by atoms with Gasteiger partial charge < -0.3 is 56.0 Å². The lowest BCUT2D eigenvalue weighted by atomic mass is 9.87. The highest BCUT2D eigenvalue weighted by atomic mass is 32.2. The van der Waals surface area contributed by atoms with Gasteiger partial charge in [-0.1, -0.05) is 63.9 Å². The van der Waals surface area contributed by atoms with Crippen LogP contribution in [0.1, 0.15) is 78.4 Å². The van der Waals surface area contributed by atoms with Gasteiger partial charge in [0.25, 0.3) is 0 Å². The van der Waals surface area contributed by atoms with Gasteiger partial charge in [-0.25, -0.2) is 28.6 Å². The number of allylic oxidation sites excluding steroid dienone is 1. The molecule has 8 atom stereocenters. The highest BCUT2D eigenvalue weighted by Gasteiger charge is 2.50. The molecule has 29 heteroatoms. The Labute approximate surface area is 361 Å². The Kier molecular flexibility index (Phi) is 21.2. The number of carbonyl (C=O) groups excluding carboxylic acids is 3. The van der Waals surface area contributed by atoms with Crippen LogP contribution in [0.15, 0.2) is 24.8 Å². The van der Waals surface area contributed by atoms with Crippen molar-refractivity contribution < 1.29 is 85.6 Å². The SMILES string of the molecule is CCCCCC/C=C/C[C@@H](O)CC(=O)SCCNC(=O)CCNC(=O)[C@H](O)C(C)(C)COP(=O)(O)OP(=O)(O)OC[C@H]1O[C@@H](n2cnc3c(N)ncnc32)[C@H](O)[C@@H]1OP(=O)(O)O. The van der Waals surface area contributed by atoms with Crippen molar-refractivity contribution in [3.8, 4) is 0 Å². The molecule has 2 aromatic heterocycles. The zero-order chi connectivity index (χ0) is 46.3. The van der Waals surface area contributed by atoms with Gasteiger partial charge in [0.1, 0.15) is 36.3 Å². The van der Waals surface area contributed by atoms with Crippen molar-refractivity contribution in [3.05, 3.63) is 24.8 Å². The van der Waals surface area contributed by atoms with Crippen molar-refractivity contribution in [1.29, 1.82) is 0 Å². The first-order valence-corrected chi connectivity index (χ1v) is 24.8. The average molecular weight is 964 g/mol. The number of phosphoric acid groups is 3. The standard InChI is InChI=1S/C33H56N7O18P3S/c1-4-5-6-7-8-9-10-11-21(41)16-24(43)62-15-14-35-23(42)12-13-36-31(46)28(45)33(2,3)18-55-61(52,53)58-60(50,51)54-17-22-27(57-59(47,48)49)26(44)32(56-22)40-20-39-25-29(34)37-19-38-30(25)40/h9-10,19-22,26-28,32,41,44-45H,4-8,11-18H2,1-3H3,(H,35,42)(H,36,46)(H,50,51)(H,52,53)(H2,34,37,38)(H2,47,48,49)/b10-9+/t21-,22-,26-,27-,28+,32-/m1/s1. The van der Waals surface area contributed by atoms with Crippen LogP contribution in [-0.4, -0.2) is 134 Å². The largest absolute Gasteiger partial charge is 0.481 e. The van der Waals surface area contributed by atoms with E-state index in [9.17, 15) is 63.0 Å². The van der Waals surface area contributed by atoms with E-state index < -0.39 is 90.7 Å². The van der Waals surface area contributed by atoms with Gasteiger partial charge in [-0.05, 0) is 19.3 Å². The van der Waals surface area contributed by atoms with E-state index in [0.717, 1.165) is 54.7 Å². The third-order valence-electron chi connectivity index (χ3n) is 8.97. The molecule has 1 aliphatic heterocycles. The van der Waals surface area contributed by atoms with Crippen LogP contribution in [0.3, 0.4) is 0 Å². The minimum absolute atomic E-state index is 0.0263. The molecular weight excluding hydrogens is 907 g/mol. The zero-order valence-electron chi connectivity index (χ0n) is 34.2. The predicted molar refractivity (Wildman–Crippen MR) is 220 cm³/mol. The number of fused-ring (bicyclic) bond motifs is 1. The molecule has 2 amide bonds. The van der Waals surface area contributed by atoms with Crippen molar-refractivity contribution in [1.82, 2.24) is 30.2 Å². The maximum Gasteiger partial charge on any atom is 0.481 e. The van der Waals surface area contributed by atoms with E-state index in [0.29, 0.717) is 6.42 Å². The molecule has 0 bridgehead atoms. The highest BCUT2D eigenvalue weighted by molar-refractivity contribution is 8.13. The minimum Gasteiger partial charge on any atom is -0.392 e. The Morgan fingerprint density at radius 2 is 1.73 bits per heavy atom. The lowest BCUT2D eigenvalue weighted by Crippen LogP contribution is -2.46. The Balaban J connectivity index is 1.40. The first-order valence-electron chi connectivity index (χ1n) is 19.3. The van der Waals surface area contributed by atoms with Gasteiger partial charge in [-0.3, -0.25) is 32.5 Å². The van der Waals surface area contributed by atoms with Crippen LogP contribution >= 0.6 is 35.2 Å². The lowest BCUT2D eigenvalue weighted by molar-refractivity contribution is -0.137. The normalized spacial score (nSPS) is 21.4. The Morgan fingerprint density at radius 1 is 1.02 bits per heavy atom. The molecule has 11 N–H and O–H groups in total. The maximum absolute atomic E-state index is 12.7. The summed E-state index contributed by atoms with van der Waals surface area (Å²) in [5.41, 5.74) is 4.24. The number of aromatic nitrogens is 4. The van der Waals surface area contributed by atoms with Gasteiger partial charge in [-0.15, -0.1) is 0 Å². The predicted octanol–water partition coefficient (Wildman–Crippen LogP) is 1.33. The lowest BCUT2D eigenvalue weighted by Gasteiger charge is -2.30. The fraction of sp³-hybridized carbons (Fsp3) is 0.697. The van der Waals surface area contributed by atoms with Crippen LogP contribution in [0, 0.1) is 5.41 Å². The van der Waals surface area contributed by atoms with E-state index in [4.69, 9.17) is 19.5 Å². The summed E-state index contributed by atoms with van der Waals surface area (Å²) < 4.78 is 62.2. The van der Waals surface area contributed by atoms with E-state index >= 15 is 0 Å². The van der Waals surface area contributed by atoms with Gasteiger partial charge in [0.15, 0.2) is 22.8 Å². The van der Waals surface area contributed by atoms with E-state index in [1.54, 1.807) is 0 Å². The summed E-state index contributed by atoms with van der Waals surface area (Å²) in [5, 5.41) is 36.3. The monoisotopic (exact) mass is 963 g/mol. The number of nitrogens with two attached hydrogens (primary N) is 1. The summed E-state index contributed by atoms with van der Waals surface area (Å²) in [7, 11) is -16.4. The first kappa shape index (κ1) is 53.6. The molecule has 0 saturated carbocycles. The van der Waals surface area contributed by atoms with Gasteiger partial charge in [0.05, 0.1) is 25.6 Å². The number of rotatable bonds is 28. The van der Waals surface area contributed by atoms with E-state index in [1.165, 1.54) is 20.3 Å². The Hall–Kier alpha value is -2.74. The fourth-order valence-electron chi connectivity index (χ4n) is 5.69. The Morgan fingerprint density at radius 3 is 2.42 bits per heavy atom. The summed E-state index contributed by atoms with van der Waals surface area (Å²) in [5.74, 6) is -1.26. The second-order valence-corrected chi connectivity index (χ2v) is 20.1. The van der Waals surface area contributed by atoms with Gasteiger partial charge in [0.2, 0.25) is 11.8 Å².